The number of nitrogens with one attached hydrogen (secondary N) is 1. The number of alkyl halides is 3. The number of nitrogens with zero attached hydrogens (tertiary/aromatic N) is 1. The van der Waals surface area contributed by atoms with Gasteiger partial charge in [0.1, 0.15) is 0 Å². The molecule has 3 nitrogen and oxygen atoms in total. The van der Waals surface area contributed by atoms with Gasteiger partial charge in [-0.2, -0.15) is 13.2 Å². The highest BCUT2D eigenvalue weighted by molar-refractivity contribution is 5.78. The minimum atomic E-state index is -4.30. The van der Waals surface area contributed by atoms with Gasteiger partial charge in [-0.3, -0.25) is 4.79 Å². The summed E-state index contributed by atoms with van der Waals surface area (Å²) in [5.74, 6) is -0.318. The maximum Gasteiger partial charge on any atom is 0.401 e. The monoisotopic (exact) mass is 302 g/mol. The summed E-state index contributed by atoms with van der Waals surface area (Å²) < 4.78 is 36.2. The van der Waals surface area contributed by atoms with Gasteiger partial charge in [-0.25, -0.2) is 0 Å². The highest BCUT2D eigenvalue weighted by atomic mass is 19.4. The van der Waals surface area contributed by atoms with Crippen molar-refractivity contribution in [3.05, 3.63) is 35.4 Å². The van der Waals surface area contributed by atoms with Crippen molar-refractivity contribution in [2.45, 2.75) is 33.0 Å². The van der Waals surface area contributed by atoms with E-state index >= 15 is 0 Å². The van der Waals surface area contributed by atoms with Crippen molar-refractivity contribution in [1.29, 1.82) is 0 Å². The fourth-order valence-corrected chi connectivity index (χ4v) is 1.90. The fourth-order valence-electron chi connectivity index (χ4n) is 1.90. The number of aryl methyl sites for hydroxylation is 1. The Kier molecular flexibility index (Phi) is 6.68. The Labute approximate surface area is 123 Å². The first-order valence-corrected chi connectivity index (χ1v) is 6.92. The van der Waals surface area contributed by atoms with Crippen molar-refractivity contribution in [1.82, 2.24) is 10.2 Å². The van der Waals surface area contributed by atoms with Crippen LogP contribution in [0.1, 0.15) is 24.5 Å². The van der Waals surface area contributed by atoms with E-state index in [4.69, 9.17) is 0 Å². The van der Waals surface area contributed by atoms with Gasteiger partial charge in [0.25, 0.3) is 0 Å². The van der Waals surface area contributed by atoms with Crippen LogP contribution >= 0.6 is 0 Å². The molecular formula is C15H21F3N2O. The summed E-state index contributed by atoms with van der Waals surface area (Å²) in [6, 6.07) is 7.75. The van der Waals surface area contributed by atoms with Crippen molar-refractivity contribution in [3.63, 3.8) is 0 Å². The molecule has 0 spiro atoms. The summed E-state index contributed by atoms with van der Waals surface area (Å²) in [7, 11) is 0. The second kappa shape index (κ2) is 8.02. The average Bonchev–Trinajstić information content (AvgIpc) is 2.39. The number of benzene rings is 1. The van der Waals surface area contributed by atoms with E-state index in [-0.39, 0.29) is 12.5 Å². The Morgan fingerprint density at radius 3 is 2.38 bits per heavy atom. The van der Waals surface area contributed by atoms with Crippen LogP contribution in [-0.4, -0.2) is 36.6 Å². The normalized spacial score (nSPS) is 11.5. The van der Waals surface area contributed by atoms with E-state index in [9.17, 15) is 18.0 Å². The molecule has 1 amide bonds. The number of carbonyl (C=O) groups excluding carboxylic acids is 1. The summed E-state index contributed by atoms with van der Waals surface area (Å²) in [4.78, 5) is 13.6. The van der Waals surface area contributed by atoms with Crippen molar-refractivity contribution in [3.8, 4) is 0 Å². The maximum atomic E-state index is 12.1. The Bertz CT molecular complexity index is 443. The van der Waals surface area contributed by atoms with Crippen LogP contribution < -0.4 is 5.32 Å². The Morgan fingerprint density at radius 2 is 1.86 bits per heavy atom. The molecule has 1 aromatic carbocycles. The lowest BCUT2D eigenvalue weighted by atomic mass is 10.1. The number of rotatable bonds is 7. The quantitative estimate of drug-likeness (QED) is 0.840. The third-order valence-corrected chi connectivity index (χ3v) is 2.94. The lowest BCUT2D eigenvalue weighted by Gasteiger charge is -2.23. The number of hydrogen-bond acceptors (Lipinski definition) is 2. The molecule has 0 aliphatic carbocycles. The van der Waals surface area contributed by atoms with E-state index < -0.39 is 12.7 Å². The van der Waals surface area contributed by atoms with Gasteiger partial charge in [-0.1, -0.05) is 36.8 Å². The van der Waals surface area contributed by atoms with Gasteiger partial charge in [0, 0.05) is 13.1 Å². The summed E-state index contributed by atoms with van der Waals surface area (Å²) in [5.41, 5.74) is 2.09. The largest absolute Gasteiger partial charge is 0.401 e. The molecule has 118 valence electrons. The Hall–Kier alpha value is -1.56. The molecule has 1 rings (SSSR count). The van der Waals surface area contributed by atoms with Crippen LogP contribution in [0.2, 0.25) is 0 Å². The lowest BCUT2D eigenvalue weighted by molar-refractivity contribution is -0.134. The van der Waals surface area contributed by atoms with Crippen molar-refractivity contribution in [2.24, 2.45) is 0 Å². The predicted molar refractivity (Wildman–Crippen MR) is 75.8 cm³/mol. The molecular weight excluding hydrogens is 281 g/mol. The molecule has 0 aromatic heterocycles. The SMILES string of the molecule is CCCN(Cc1ccc(C)cc1)C(=O)CNCC(F)(F)F. The topological polar surface area (TPSA) is 32.3 Å². The first-order chi connectivity index (χ1) is 9.81. The second-order valence-corrected chi connectivity index (χ2v) is 5.02. The van der Waals surface area contributed by atoms with Gasteiger partial charge < -0.3 is 10.2 Å². The number of amides is 1. The van der Waals surface area contributed by atoms with E-state index in [1.807, 2.05) is 38.1 Å². The molecule has 1 N–H and O–H groups in total. The van der Waals surface area contributed by atoms with Crippen LogP contribution in [0.5, 0.6) is 0 Å². The van der Waals surface area contributed by atoms with Gasteiger partial charge in [0.05, 0.1) is 13.1 Å². The third kappa shape index (κ3) is 7.13. The van der Waals surface area contributed by atoms with Crippen LogP contribution in [0.3, 0.4) is 0 Å². The summed E-state index contributed by atoms with van der Waals surface area (Å²) in [5, 5.41) is 2.14. The summed E-state index contributed by atoms with van der Waals surface area (Å²) in [6.07, 6.45) is -3.54. The standard InChI is InChI=1S/C15H21F3N2O/c1-3-8-20(10-13-6-4-12(2)5-7-13)14(21)9-19-11-15(16,17)18/h4-7,19H,3,8-11H2,1-2H3. The minimum absolute atomic E-state index is 0.300. The van der Waals surface area contributed by atoms with Crippen molar-refractivity contribution in [2.75, 3.05) is 19.6 Å². The molecule has 0 heterocycles. The average molecular weight is 302 g/mol. The predicted octanol–water partition coefficient (Wildman–Crippen LogP) is 2.89. The van der Waals surface area contributed by atoms with E-state index in [0.717, 1.165) is 17.5 Å². The zero-order valence-corrected chi connectivity index (χ0v) is 12.3. The van der Waals surface area contributed by atoms with Gasteiger partial charge in [0.2, 0.25) is 5.91 Å². The maximum absolute atomic E-state index is 12.1. The van der Waals surface area contributed by atoms with Crippen LogP contribution in [0.4, 0.5) is 13.2 Å². The number of hydrogen-bond donors (Lipinski definition) is 1. The molecule has 0 fully saturated rings. The molecule has 0 bridgehead atoms. The number of halogens is 3. The van der Waals surface area contributed by atoms with Crippen LogP contribution in [0.25, 0.3) is 0 Å². The molecule has 0 atom stereocenters. The third-order valence-electron chi connectivity index (χ3n) is 2.94. The molecule has 21 heavy (non-hydrogen) atoms. The van der Waals surface area contributed by atoms with Gasteiger partial charge in [-0.05, 0) is 18.9 Å². The molecule has 0 saturated heterocycles. The van der Waals surface area contributed by atoms with Crippen LogP contribution in [0, 0.1) is 6.92 Å². The van der Waals surface area contributed by atoms with E-state index in [1.54, 1.807) is 4.90 Å². The summed E-state index contributed by atoms with van der Waals surface area (Å²) in [6.45, 7) is 3.40. The van der Waals surface area contributed by atoms with E-state index in [1.165, 1.54) is 0 Å². The number of carbonyl (C=O) groups is 1. The van der Waals surface area contributed by atoms with E-state index in [0.29, 0.717) is 13.1 Å². The first-order valence-electron chi connectivity index (χ1n) is 6.92. The molecule has 0 aliphatic heterocycles. The second-order valence-electron chi connectivity index (χ2n) is 5.02. The molecule has 0 saturated carbocycles. The molecule has 0 radical (unpaired) electrons. The summed E-state index contributed by atoms with van der Waals surface area (Å²) >= 11 is 0. The van der Waals surface area contributed by atoms with Crippen LogP contribution in [-0.2, 0) is 11.3 Å². The Morgan fingerprint density at radius 1 is 1.24 bits per heavy atom. The molecule has 6 heteroatoms. The minimum Gasteiger partial charge on any atom is -0.337 e. The van der Waals surface area contributed by atoms with Crippen molar-refractivity contribution >= 4 is 5.91 Å². The highest BCUT2D eigenvalue weighted by Gasteiger charge is 2.27. The first kappa shape index (κ1) is 17.5. The van der Waals surface area contributed by atoms with Crippen molar-refractivity contribution < 1.29 is 18.0 Å². The smallest absolute Gasteiger partial charge is 0.337 e. The molecule has 1 aromatic rings. The highest BCUT2D eigenvalue weighted by Crippen LogP contribution is 2.12. The zero-order valence-electron chi connectivity index (χ0n) is 12.3. The zero-order chi connectivity index (χ0) is 15.9. The van der Waals surface area contributed by atoms with Gasteiger partial charge in [-0.15, -0.1) is 0 Å². The van der Waals surface area contributed by atoms with Gasteiger partial charge in [0.15, 0.2) is 0 Å². The van der Waals surface area contributed by atoms with Gasteiger partial charge >= 0.3 is 6.18 Å². The van der Waals surface area contributed by atoms with Crippen LogP contribution in [0.15, 0.2) is 24.3 Å². The molecule has 0 aliphatic rings. The Balaban J connectivity index is 2.55. The lowest BCUT2D eigenvalue weighted by Crippen LogP contribution is -2.41. The molecule has 0 unspecified atom stereocenters. The van der Waals surface area contributed by atoms with E-state index in [2.05, 4.69) is 5.32 Å². The fraction of sp³-hybridized carbons (Fsp3) is 0.533.